The van der Waals surface area contributed by atoms with Gasteiger partial charge in [-0.3, -0.25) is 0 Å². The Kier molecular flexibility index (Phi) is 5.02. The minimum absolute atomic E-state index is 0.153. The van der Waals surface area contributed by atoms with E-state index in [1.165, 1.54) is 5.56 Å². The summed E-state index contributed by atoms with van der Waals surface area (Å²) in [7, 11) is 0. The molecule has 3 nitrogen and oxygen atoms in total. The zero-order chi connectivity index (χ0) is 18.0. The van der Waals surface area contributed by atoms with Crippen molar-refractivity contribution in [3.63, 3.8) is 0 Å². The summed E-state index contributed by atoms with van der Waals surface area (Å²) in [5.41, 5.74) is 2.12. The second kappa shape index (κ2) is 6.68. The summed E-state index contributed by atoms with van der Waals surface area (Å²) in [6.45, 7) is 10.6. The molecule has 0 unspecified atom stereocenters. The highest BCUT2D eigenvalue weighted by Crippen LogP contribution is 2.31. The van der Waals surface area contributed by atoms with Crippen molar-refractivity contribution in [2.75, 3.05) is 0 Å². The van der Waals surface area contributed by atoms with Crippen LogP contribution < -0.4 is 4.74 Å². The van der Waals surface area contributed by atoms with Crippen LogP contribution >= 0.6 is 0 Å². The number of ether oxygens (including phenoxy) is 1. The van der Waals surface area contributed by atoms with E-state index in [-0.39, 0.29) is 11.0 Å². The lowest BCUT2D eigenvalue weighted by Crippen LogP contribution is -2.25. The summed E-state index contributed by atoms with van der Waals surface area (Å²) in [4.78, 5) is 11.0. The van der Waals surface area contributed by atoms with Crippen molar-refractivity contribution < 1.29 is 14.6 Å². The second-order valence-corrected chi connectivity index (χ2v) is 7.26. The molecule has 0 bridgehead atoms. The summed E-state index contributed by atoms with van der Waals surface area (Å²) >= 11 is 0. The summed E-state index contributed by atoms with van der Waals surface area (Å²) < 4.78 is 6.14. The van der Waals surface area contributed by atoms with Crippen molar-refractivity contribution in [3.05, 3.63) is 65.2 Å². The minimum Gasteiger partial charge on any atom is -0.483 e. The van der Waals surface area contributed by atoms with Gasteiger partial charge in [0, 0.05) is 0 Å². The molecule has 0 aromatic heterocycles. The molecular weight excluding hydrogens is 300 g/mol. The fourth-order valence-electron chi connectivity index (χ4n) is 2.55. The Hall–Kier alpha value is -2.29. The zero-order valence-corrected chi connectivity index (χ0v) is 15.1. The van der Waals surface area contributed by atoms with Gasteiger partial charge in [-0.15, -0.1) is 0 Å². The smallest absolute Gasteiger partial charge is 0.335 e. The van der Waals surface area contributed by atoms with Crippen molar-refractivity contribution in [3.8, 4) is 5.75 Å². The van der Waals surface area contributed by atoms with Crippen LogP contribution in [0, 0.1) is 0 Å². The lowest BCUT2D eigenvalue weighted by molar-refractivity contribution is 0.0696. The number of rotatable bonds is 6. The summed E-state index contributed by atoms with van der Waals surface area (Å²) in [6, 6.07) is 15.0. The second-order valence-electron chi connectivity index (χ2n) is 7.26. The maximum Gasteiger partial charge on any atom is 0.335 e. The van der Waals surface area contributed by atoms with Crippen LogP contribution in [-0.4, -0.2) is 11.1 Å². The summed E-state index contributed by atoms with van der Waals surface area (Å²) in [5.74, 6) is -0.118. The monoisotopic (exact) mass is 326 g/mol. The Morgan fingerprint density at radius 3 is 1.88 bits per heavy atom. The predicted molar refractivity (Wildman–Crippen MR) is 96.8 cm³/mol. The highest BCUT2D eigenvalue weighted by molar-refractivity contribution is 5.87. The third-order valence-electron chi connectivity index (χ3n) is 4.72. The van der Waals surface area contributed by atoms with Gasteiger partial charge in [-0.1, -0.05) is 45.0 Å². The van der Waals surface area contributed by atoms with Crippen LogP contribution in [0.25, 0.3) is 0 Å². The van der Waals surface area contributed by atoms with Crippen LogP contribution in [0.3, 0.4) is 0 Å². The molecule has 3 heteroatoms. The Balaban J connectivity index is 2.18. The van der Waals surface area contributed by atoms with Gasteiger partial charge < -0.3 is 9.84 Å². The molecule has 0 atom stereocenters. The van der Waals surface area contributed by atoms with Crippen molar-refractivity contribution in [1.82, 2.24) is 0 Å². The van der Waals surface area contributed by atoms with Crippen molar-refractivity contribution in [2.24, 2.45) is 0 Å². The third-order valence-corrected chi connectivity index (χ3v) is 4.72. The van der Waals surface area contributed by atoms with E-state index in [2.05, 4.69) is 32.9 Å². The molecule has 0 aliphatic rings. The van der Waals surface area contributed by atoms with E-state index in [0.717, 1.165) is 17.7 Å². The van der Waals surface area contributed by atoms with E-state index in [0.29, 0.717) is 0 Å². The summed E-state index contributed by atoms with van der Waals surface area (Å²) in [5, 5.41) is 8.99. The number of hydrogen-bond donors (Lipinski definition) is 1. The lowest BCUT2D eigenvalue weighted by atomic mass is 9.82. The number of carbonyl (C=O) groups is 1. The fourth-order valence-corrected chi connectivity index (χ4v) is 2.55. The molecule has 0 radical (unpaired) electrons. The Morgan fingerprint density at radius 2 is 1.42 bits per heavy atom. The molecule has 128 valence electrons. The molecule has 2 rings (SSSR count). The van der Waals surface area contributed by atoms with E-state index in [9.17, 15) is 4.79 Å². The minimum atomic E-state index is -0.922. The van der Waals surface area contributed by atoms with Crippen molar-refractivity contribution >= 4 is 5.97 Å². The van der Waals surface area contributed by atoms with Gasteiger partial charge in [-0.25, -0.2) is 4.79 Å². The quantitative estimate of drug-likeness (QED) is 0.774. The molecule has 0 amide bonds. The van der Waals surface area contributed by atoms with Gasteiger partial charge in [0.15, 0.2) is 0 Å². The van der Waals surface area contributed by atoms with E-state index in [1.807, 2.05) is 26.0 Å². The van der Waals surface area contributed by atoms with Crippen LogP contribution in [-0.2, 0) is 11.0 Å². The maximum absolute atomic E-state index is 11.0. The molecular formula is C21H26O3. The largest absolute Gasteiger partial charge is 0.483 e. The van der Waals surface area contributed by atoms with Crippen LogP contribution in [0.1, 0.15) is 62.5 Å². The third kappa shape index (κ3) is 3.97. The van der Waals surface area contributed by atoms with E-state index in [4.69, 9.17) is 9.84 Å². The topological polar surface area (TPSA) is 46.5 Å². The molecule has 0 saturated carbocycles. The predicted octanol–water partition coefficient (Wildman–Crippen LogP) is 5.39. The lowest BCUT2D eigenvalue weighted by Gasteiger charge is -2.28. The fraction of sp³-hybridized carbons (Fsp3) is 0.381. The molecule has 0 heterocycles. The van der Waals surface area contributed by atoms with Crippen LogP contribution in [0.2, 0.25) is 0 Å². The average Bonchev–Trinajstić information content (AvgIpc) is 2.55. The maximum atomic E-state index is 11.0. The molecule has 2 aromatic rings. The number of benzene rings is 2. The molecule has 2 aromatic carbocycles. The van der Waals surface area contributed by atoms with Gasteiger partial charge >= 0.3 is 5.97 Å². The molecule has 0 fully saturated rings. The van der Waals surface area contributed by atoms with Gasteiger partial charge in [-0.05, 0) is 61.1 Å². The van der Waals surface area contributed by atoms with Crippen LogP contribution in [0.15, 0.2) is 48.5 Å². The van der Waals surface area contributed by atoms with E-state index >= 15 is 0 Å². The Morgan fingerprint density at radius 1 is 0.917 bits per heavy atom. The normalized spacial score (nSPS) is 12.0. The number of carboxylic acids is 1. The van der Waals surface area contributed by atoms with Gasteiger partial charge in [0.2, 0.25) is 0 Å². The van der Waals surface area contributed by atoms with Gasteiger partial charge in [-0.2, -0.15) is 0 Å². The first-order valence-corrected chi connectivity index (χ1v) is 8.29. The van der Waals surface area contributed by atoms with Crippen molar-refractivity contribution in [1.29, 1.82) is 0 Å². The van der Waals surface area contributed by atoms with Crippen LogP contribution in [0.4, 0.5) is 0 Å². The van der Waals surface area contributed by atoms with Crippen molar-refractivity contribution in [2.45, 2.75) is 52.1 Å². The standard InChI is InChI=1S/C21H26O3/c1-6-20(2,3)16-11-13-18(14-12-16)24-21(4,5)17-9-7-15(8-10-17)19(22)23/h7-14H,6H2,1-5H3,(H,22,23). The summed E-state index contributed by atoms with van der Waals surface area (Å²) in [6.07, 6.45) is 1.08. The first-order valence-electron chi connectivity index (χ1n) is 8.29. The highest BCUT2D eigenvalue weighted by Gasteiger charge is 2.24. The van der Waals surface area contributed by atoms with E-state index < -0.39 is 11.6 Å². The SMILES string of the molecule is CCC(C)(C)c1ccc(OC(C)(C)c2ccc(C(=O)O)cc2)cc1. The molecule has 1 N–H and O–H groups in total. The number of hydrogen-bond acceptors (Lipinski definition) is 2. The molecule has 0 saturated heterocycles. The number of carboxylic acid groups (broad SMARTS) is 1. The highest BCUT2D eigenvalue weighted by atomic mass is 16.5. The average molecular weight is 326 g/mol. The zero-order valence-electron chi connectivity index (χ0n) is 15.1. The molecule has 0 aliphatic carbocycles. The Labute approximate surface area is 144 Å². The molecule has 24 heavy (non-hydrogen) atoms. The number of aromatic carboxylic acids is 1. The molecule has 0 spiro atoms. The van der Waals surface area contributed by atoms with Crippen LogP contribution in [0.5, 0.6) is 5.75 Å². The first kappa shape index (κ1) is 18.1. The first-order chi connectivity index (χ1) is 11.2. The van der Waals surface area contributed by atoms with Gasteiger partial charge in [0.1, 0.15) is 11.4 Å². The van der Waals surface area contributed by atoms with Gasteiger partial charge in [0.25, 0.3) is 0 Å². The Bertz CT molecular complexity index is 695. The van der Waals surface area contributed by atoms with E-state index in [1.54, 1.807) is 24.3 Å². The molecule has 0 aliphatic heterocycles. The van der Waals surface area contributed by atoms with Gasteiger partial charge in [0.05, 0.1) is 5.56 Å².